The largest absolute Gasteiger partial charge is 0.481 e. The van der Waals surface area contributed by atoms with Crippen LogP contribution in [0.5, 0.6) is 0 Å². The predicted octanol–water partition coefficient (Wildman–Crippen LogP) is 0.573. The molecule has 1 fully saturated rings. The average molecular weight is 252 g/mol. The van der Waals surface area contributed by atoms with E-state index in [1.165, 1.54) is 0 Å². The molecule has 0 bridgehead atoms. The molecule has 2 rings (SSSR count). The molecule has 1 aromatic heterocycles. The van der Waals surface area contributed by atoms with E-state index < -0.39 is 12.0 Å². The molecule has 6 heteroatoms. The van der Waals surface area contributed by atoms with Crippen LogP contribution in [0.15, 0.2) is 22.8 Å². The molecule has 6 nitrogen and oxygen atoms in total. The van der Waals surface area contributed by atoms with Gasteiger partial charge < -0.3 is 20.2 Å². The van der Waals surface area contributed by atoms with Gasteiger partial charge >= 0.3 is 5.97 Å². The van der Waals surface area contributed by atoms with E-state index >= 15 is 0 Å². The summed E-state index contributed by atoms with van der Waals surface area (Å²) in [6.07, 6.45) is 3.07. The lowest BCUT2D eigenvalue weighted by Gasteiger charge is -2.24. The quantitative estimate of drug-likeness (QED) is 0.771. The van der Waals surface area contributed by atoms with E-state index in [9.17, 15) is 9.59 Å². The number of carbonyl (C=O) groups is 2. The Hall–Kier alpha value is -1.82. The van der Waals surface area contributed by atoms with Crippen molar-refractivity contribution in [1.29, 1.82) is 0 Å². The van der Waals surface area contributed by atoms with Crippen molar-refractivity contribution in [2.24, 2.45) is 5.73 Å². The summed E-state index contributed by atoms with van der Waals surface area (Å²) < 4.78 is 5.20. The second kappa shape index (κ2) is 5.22. The number of hydrogen-bond acceptors (Lipinski definition) is 4. The molecule has 1 aliphatic rings. The van der Waals surface area contributed by atoms with Crippen LogP contribution in [0.3, 0.4) is 0 Å². The molecule has 0 saturated heterocycles. The van der Waals surface area contributed by atoms with E-state index in [1.54, 1.807) is 23.3 Å². The Morgan fingerprint density at radius 3 is 2.78 bits per heavy atom. The van der Waals surface area contributed by atoms with E-state index in [0.29, 0.717) is 12.3 Å². The zero-order chi connectivity index (χ0) is 13.1. The zero-order valence-electron chi connectivity index (χ0n) is 9.91. The van der Waals surface area contributed by atoms with Gasteiger partial charge in [-0.2, -0.15) is 0 Å². The number of carboxylic acid groups (broad SMARTS) is 1. The van der Waals surface area contributed by atoms with E-state index in [0.717, 1.165) is 12.8 Å². The second-order valence-corrected chi connectivity index (χ2v) is 4.48. The van der Waals surface area contributed by atoms with Crippen LogP contribution in [0.25, 0.3) is 0 Å². The molecule has 1 unspecified atom stereocenters. The number of amides is 1. The zero-order valence-corrected chi connectivity index (χ0v) is 9.91. The molecule has 1 atom stereocenters. The van der Waals surface area contributed by atoms with Crippen molar-refractivity contribution in [3.8, 4) is 0 Å². The molecule has 1 heterocycles. The molecule has 0 radical (unpaired) electrons. The standard InChI is InChI=1S/C12H16N2O4/c13-10(6-11(15)16)12(17)14(8-3-4-8)7-9-2-1-5-18-9/h1-2,5,8,10H,3-4,6-7,13H2,(H,15,16). The van der Waals surface area contributed by atoms with Crippen LogP contribution in [0.1, 0.15) is 25.0 Å². The van der Waals surface area contributed by atoms with Gasteiger partial charge in [0.25, 0.3) is 0 Å². The summed E-state index contributed by atoms with van der Waals surface area (Å²) in [7, 11) is 0. The van der Waals surface area contributed by atoms with Gasteiger partial charge in [0.05, 0.1) is 25.3 Å². The van der Waals surface area contributed by atoms with Crippen LogP contribution in [0, 0.1) is 0 Å². The summed E-state index contributed by atoms with van der Waals surface area (Å²) in [5.41, 5.74) is 5.61. The lowest BCUT2D eigenvalue weighted by atomic mass is 10.2. The lowest BCUT2D eigenvalue weighted by Crippen LogP contribution is -2.45. The van der Waals surface area contributed by atoms with Gasteiger partial charge in [-0.05, 0) is 25.0 Å². The number of carbonyl (C=O) groups excluding carboxylic acids is 1. The Kier molecular flexibility index (Phi) is 3.66. The maximum Gasteiger partial charge on any atom is 0.305 e. The molecule has 1 aromatic rings. The third kappa shape index (κ3) is 3.10. The van der Waals surface area contributed by atoms with Crippen molar-refractivity contribution in [3.05, 3.63) is 24.2 Å². The monoisotopic (exact) mass is 252 g/mol. The fourth-order valence-electron chi connectivity index (χ4n) is 1.83. The predicted molar refractivity (Wildman–Crippen MR) is 62.5 cm³/mol. The summed E-state index contributed by atoms with van der Waals surface area (Å²) in [4.78, 5) is 24.3. The third-order valence-electron chi connectivity index (χ3n) is 2.89. The molecule has 1 saturated carbocycles. The van der Waals surface area contributed by atoms with Gasteiger partial charge in [0, 0.05) is 6.04 Å². The first-order chi connectivity index (χ1) is 8.58. The van der Waals surface area contributed by atoms with Gasteiger partial charge in [-0.15, -0.1) is 0 Å². The van der Waals surface area contributed by atoms with Gasteiger partial charge in [0.15, 0.2) is 0 Å². The topological polar surface area (TPSA) is 96.8 Å². The first-order valence-corrected chi connectivity index (χ1v) is 5.88. The van der Waals surface area contributed by atoms with Crippen LogP contribution in [0.2, 0.25) is 0 Å². The Morgan fingerprint density at radius 1 is 1.56 bits per heavy atom. The number of rotatable bonds is 6. The van der Waals surface area contributed by atoms with Crippen LogP contribution in [0.4, 0.5) is 0 Å². The fraction of sp³-hybridized carbons (Fsp3) is 0.500. The minimum atomic E-state index is -1.07. The number of furan rings is 1. The Morgan fingerprint density at radius 2 is 2.28 bits per heavy atom. The molecule has 0 aromatic carbocycles. The maximum absolute atomic E-state index is 12.1. The van der Waals surface area contributed by atoms with Crippen molar-refractivity contribution >= 4 is 11.9 Å². The van der Waals surface area contributed by atoms with Crippen molar-refractivity contribution in [2.45, 2.75) is 37.9 Å². The summed E-state index contributed by atoms with van der Waals surface area (Å²) in [5, 5.41) is 8.66. The van der Waals surface area contributed by atoms with Gasteiger partial charge in [-0.1, -0.05) is 0 Å². The van der Waals surface area contributed by atoms with Gasteiger partial charge in [0.2, 0.25) is 5.91 Å². The number of nitrogens with two attached hydrogens (primary N) is 1. The molecular weight excluding hydrogens is 236 g/mol. The minimum absolute atomic E-state index is 0.169. The van der Waals surface area contributed by atoms with Gasteiger partial charge in [-0.3, -0.25) is 9.59 Å². The summed E-state index contributed by atoms with van der Waals surface area (Å²) in [6, 6.07) is 2.72. The first-order valence-electron chi connectivity index (χ1n) is 5.88. The molecule has 1 aliphatic carbocycles. The highest BCUT2D eigenvalue weighted by molar-refractivity contribution is 5.86. The number of hydrogen-bond donors (Lipinski definition) is 2. The summed E-state index contributed by atoms with van der Waals surface area (Å²) in [6.45, 7) is 0.351. The van der Waals surface area contributed by atoms with Crippen LogP contribution in [-0.2, 0) is 16.1 Å². The molecule has 3 N–H and O–H groups in total. The summed E-state index contributed by atoms with van der Waals surface area (Å²) >= 11 is 0. The van der Waals surface area contributed by atoms with Crippen LogP contribution < -0.4 is 5.73 Å². The first kappa shape index (κ1) is 12.6. The average Bonchev–Trinajstić information content (AvgIpc) is 3.02. The van der Waals surface area contributed by atoms with E-state index in [1.807, 2.05) is 0 Å². The van der Waals surface area contributed by atoms with Crippen molar-refractivity contribution in [2.75, 3.05) is 0 Å². The summed E-state index contributed by atoms with van der Waals surface area (Å²) in [5.74, 6) is -0.710. The van der Waals surface area contributed by atoms with E-state index in [4.69, 9.17) is 15.3 Å². The fourth-order valence-corrected chi connectivity index (χ4v) is 1.83. The second-order valence-electron chi connectivity index (χ2n) is 4.48. The third-order valence-corrected chi connectivity index (χ3v) is 2.89. The Labute approximate surface area is 104 Å². The molecule has 0 spiro atoms. The van der Waals surface area contributed by atoms with Crippen LogP contribution >= 0.6 is 0 Å². The van der Waals surface area contributed by atoms with Crippen LogP contribution in [-0.4, -0.2) is 34.0 Å². The molecule has 1 amide bonds. The van der Waals surface area contributed by atoms with Gasteiger partial charge in [0.1, 0.15) is 5.76 Å². The highest BCUT2D eigenvalue weighted by atomic mass is 16.4. The number of aliphatic carboxylic acids is 1. The molecule has 98 valence electrons. The lowest BCUT2D eigenvalue weighted by molar-refractivity contribution is -0.142. The van der Waals surface area contributed by atoms with E-state index in [-0.39, 0.29) is 18.4 Å². The van der Waals surface area contributed by atoms with Gasteiger partial charge in [-0.25, -0.2) is 0 Å². The number of carboxylic acids is 1. The van der Waals surface area contributed by atoms with Crippen molar-refractivity contribution in [1.82, 2.24) is 4.90 Å². The highest BCUT2D eigenvalue weighted by Crippen LogP contribution is 2.29. The minimum Gasteiger partial charge on any atom is -0.481 e. The smallest absolute Gasteiger partial charge is 0.305 e. The van der Waals surface area contributed by atoms with Crippen molar-refractivity contribution < 1.29 is 19.1 Å². The molecular formula is C12H16N2O4. The molecule has 18 heavy (non-hydrogen) atoms. The van der Waals surface area contributed by atoms with E-state index in [2.05, 4.69) is 0 Å². The van der Waals surface area contributed by atoms with Crippen molar-refractivity contribution in [3.63, 3.8) is 0 Å². The normalized spacial score (nSPS) is 16.3. The SMILES string of the molecule is NC(CC(=O)O)C(=O)N(Cc1ccco1)C1CC1. The Bertz CT molecular complexity index is 425. The number of nitrogens with zero attached hydrogens (tertiary/aromatic N) is 1. The maximum atomic E-state index is 12.1. The highest BCUT2D eigenvalue weighted by Gasteiger charge is 2.35. The Balaban J connectivity index is 2.00. The molecule has 0 aliphatic heterocycles.